The van der Waals surface area contributed by atoms with E-state index in [0.29, 0.717) is 5.56 Å². The summed E-state index contributed by atoms with van der Waals surface area (Å²) in [6.45, 7) is 0. The van der Waals surface area contributed by atoms with Gasteiger partial charge < -0.3 is 0 Å². The van der Waals surface area contributed by atoms with Crippen molar-refractivity contribution in [3.8, 4) is 11.1 Å². The molecule has 0 nitrogen and oxygen atoms in total. The summed E-state index contributed by atoms with van der Waals surface area (Å²) in [6.07, 6.45) is 0. The molecule has 82 valence electrons. The number of rotatable bonds is 1. The van der Waals surface area contributed by atoms with Crippen LogP contribution in [0.2, 0.25) is 0 Å². The summed E-state index contributed by atoms with van der Waals surface area (Å²) in [7, 11) is 0. The fourth-order valence-electron chi connectivity index (χ4n) is 1.44. The molecular formula is C12H6Br3F. The van der Waals surface area contributed by atoms with Crippen molar-refractivity contribution in [3.05, 3.63) is 55.6 Å². The van der Waals surface area contributed by atoms with Crippen LogP contribution in [0, 0.1) is 5.82 Å². The zero-order valence-corrected chi connectivity index (χ0v) is 12.7. The maximum absolute atomic E-state index is 13.8. The van der Waals surface area contributed by atoms with Crippen LogP contribution in [0.25, 0.3) is 11.1 Å². The van der Waals surface area contributed by atoms with E-state index in [9.17, 15) is 4.39 Å². The second kappa shape index (κ2) is 4.98. The zero-order valence-electron chi connectivity index (χ0n) is 7.98. The van der Waals surface area contributed by atoms with Crippen LogP contribution in [0.4, 0.5) is 4.39 Å². The lowest BCUT2D eigenvalue weighted by Crippen LogP contribution is -1.87. The lowest BCUT2D eigenvalue weighted by atomic mass is 10.1. The number of hydrogen-bond donors (Lipinski definition) is 0. The van der Waals surface area contributed by atoms with Gasteiger partial charge in [0, 0.05) is 24.5 Å². The Morgan fingerprint density at radius 2 is 1.62 bits per heavy atom. The van der Waals surface area contributed by atoms with Crippen LogP contribution in [-0.4, -0.2) is 0 Å². The van der Waals surface area contributed by atoms with Gasteiger partial charge in [-0.15, -0.1) is 0 Å². The Hall–Kier alpha value is -0.190. The van der Waals surface area contributed by atoms with Gasteiger partial charge in [0.15, 0.2) is 0 Å². The Balaban J connectivity index is 2.72. The average Bonchev–Trinajstić information content (AvgIpc) is 2.23. The lowest BCUT2D eigenvalue weighted by molar-refractivity contribution is 0.630. The highest BCUT2D eigenvalue weighted by Crippen LogP contribution is 2.36. The van der Waals surface area contributed by atoms with Crippen molar-refractivity contribution >= 4 is 47.8 Å². The third kappa shape index (κ3) is 2.39. The first kappa shape index (κ1) is 12.3. The molecule has 0 aliphatic carbocycles. The predicted molar refractivity (Wildman–Crippen MR) is 74.9 cm³/mol. The standard InChI is InChI=1S/C12H6Br3F/c13-7-4-5-9(14)8(6-7)12-10(15)2-1-3-11(12)16/h1-6H. The van der Waals surface area contributed by atoms with Gasteiger partial charge in [-0.2, -0.15) is 0 Å². The molecule has 0 saturated heterocycles. The van der Waals surface area contributed by atoms with E-state index in [4.69, 9.17) is 0 Å². The van der Waals surface area contributed by atoms with E-state index in [1.165, 1.54) is 6.07 Å². The Kier molecular flexibility index (Phi) is 3.82. The van der Waals surface area contributed by atoms with Crippen LogP contribution < -0.4 is 0 Å². The summed E-state index contributed by atoms with van der Waals surface area (Å²) >= 11 is 10.2. The molecule has 16 heavy (non-hydrogen) atoms. The largest absolute Gasteiger partial charge is 0.206 e. The molecule has 0 atom stereocenters. The molecule has 0 N–H and O–H groups in total. The van der Waals surface area contributed by atoms with Gasteiger partial charge in [0.05, 0.1) is 0 Å². The molecule has 2 rings (SSSR count). The van der Waals surface area contributed by atoms with Crippen molar-refractivity contribution in [1.82, 2.24) is 0 Å². The van der Waals surface area contributed by atoms with Crippen molar-refractivity contribution in [2.45, 2.75) is 0 Å². The minimum Gasteiger partial charge on any atom is -0.206 e. The molecule has 0 radical (unpaired) electrons. The summed E-state index contributed by atoms with van der Waals surface area (Å²) in [5.41, 5.74) is 1.38. The Morgan fingerprint density at radius 1 is 0.875 bits per heavy atom. The molecule has 0 aliphatic rings. The first-order valence-corrected chi connectivity index (χ1v) is 6.87. The van der Waals surface area contributed by atoms with Gasteiger partial charge in [-0.05, 0) is 30.3 Å². The number of halogens is 4. The second-order valence-electron chi connectivity index (χ2n) is 3.22. The summed E-state index contributed by atoms with van der Waals surface area (Å²) in [5.74, 6) is -0.242. The third-order valence-corrected chi connectivity index (χ3v) is 4.01. The molecule has 2 aromatic carbocycles. The van der Waals surface area contributed by atoms with Crippen LogP contribution in [0.1, 0.15) is 0 Å². The van der Waals surface area contributed by atoms with Crippen LogP contribution in [-0.2, 0) is 0 Å². The Bertz CT molecular complexity index is 518. The maximum Gasteiger partial charge on any atom is 0.132 e. The first-order valence-electron chi connectivity index (χ1n) is 4.49. The minimum absolute atomic E-state index is 0.242. The molecule has 0 aliphatic heterocycles. The van der Waals surface area contributed by atoms with E-state index in [0.717, 1.165) is 19.0 Å². The highest BCUT2D eigenvalue weighted by molar-refractivity contribution is 9.11. The smallest absolute Gasteiger partial charge is 0.132 e. The molecule has 0 heterocycles. The van der Waals surface area contributed by atoms with Gasteiger partial charge in [0.1, 0.15) is 5.82 Å². The van der Waals surface area contributed by atoms with E-state index in [2.05, 4.69) is 47.8 Å². The molecule has 2 aromatic rings. The fourth-order valence-corrected chi connectivity index (χ4v) is 2.81. The molecule has 0 bridgehead atoms. The lowest BCUT2D eigenvalue weighted by Gasteiger charge is -2.09. The van der Waals surface area contributed by atoms with Crippen LogP contribution in [0.15, 0.2) is 49.8 Å². The van der Waals surface area contributed by atoms with Crippen LogP contribution >= 0.6 is 47.8 Å². The molecule has 0 saturated carbocycles. The highest BCUT2D eigenvalue weighted by Gasteiger charge is 2.12. The van der Waals surface area contributed by atoms with Gasteiger partial charge in [-0.3, -0.25) is 0 Å². The van der Waals surface area contributed by atoms with Crippen LogP contribution in [0.3, 0.4) is 0 Å². The highest BCUT2D eigenvalue weighted by atomic mass is 79.9. The molecular weight excluding hydrogens is 403 g/mol. The average molecular weight is 409 g/mol. The van der Waals surface area contributed by atoms with Gasteiger partial charge >= 0.3 is 0 Å². The Morgan fingerprint density at radius 3 is 2.31 bits per heavy atom. The predicted octanol–water partition coefficient (Wildman–Crippen LogP) is 5.78. The van der Waals surface area contributed by atoms with E-state index < -0.39 is 0 Å². The summed E-state index contributed by atoms with van der Waals surface area (Å²) < 4.78 is 16.3. The van der Waals surface area contributed by atoms with Crippen molar-refractivity contribution in [2.24, 2.45) is 0 Å². The SMILES string of the molecule is Fc1cccc(Br)c1-c1cc(Br)ccc1Br. The third-order valence-electron chi connectivity index (χ3n) is 2.16. The monoisotopic (exact) mass is 406 g/mol. The van der Waals surface area contributed by atoms with Crippen molar-refractivity contribution in [2.75, 3.05) is 0 Å². The zero-order chi connectivity index (χ0) is 11.7. The van der Waals surface area contributed by atoms with Crippen molar-refractivity contribution < 1.29 is 4.39 Å². The van der Waals surface area contributed by atoms with E-state index in [1.54, 1.807) is 6.07 Å². The van der Waals surface area contributed by atoms with E-state index in [1.807, 2.05) is 24.3 Å². The summed E-state index contributed by atoms with van der Waals surface area (Å²) in [4.78, 5) is 0. The van der Waals surface area contributed by atoms with Gasteiger partial charge in [0.2, 0.25) is 0 Å². The molecule has 0 amide bonds. The first-order chi connectivity index (χ1) is 7.59. The molecule has 0 aromatic heterocycles. The molecule has 0 unspecified atom stereocenters. The van der Waals surface area contributed by atoms with Crippen LogP contribution in [0.5, 0.6) is 0 Å². The summed E-state index contributed by atoms with van der Waals surface area (Å²) in [5, 5.41) is 0. The normalized spacial score (nSPS) is 10.5. The Labute approximate surface area is 118 Å². The molecule has 0 fully saturated rings. The summed E-state index contributed by atoms with van der Waals surface area (Å²) in [6, 6.07) is 10.6. The fraction of sp³-hybridized carbons (Fsp3) is 0. The molecule has 4 heteroatoms. The van der Waals surface area contributed by atoms with E-state index >= 15 is 0 Å². The number of hydrogen-bond acceptors (Lipinski definition) is 0. The van der Waals surface area contributed by atoms with Gasteiger partial charge in [0.25, 0.3) is 0 Å². The second-order valence-corrected chi connectivity index (χ2v) is 5.85. The van der Waals surface area contributed by atoms with Crippen molar-refractivity contribution in [1.29, 1.82) is 0 Å². The molecule has 0 spiro atoms. The number of benzene rings is 2. The van der Waals surface area contributed by atoms with Gasteiger partial charge in [-0.1, -0.05) is 53.9 Å². The minimum atomic E-state index is -0.242. The van der Waals surface area contributed by atoms with Crippen molar-refractivity contribution in [3.63, 3.8) is 0 Å². The maximum atomic E-state index is 13.8. The quantitative estimate of drug-likeness (QED) is 0.561. The van der Waals surface area contributed by atoms with E-state index in [-0.39, 0.29) is 5.82 Å². The topological polar surface area (TPSA) is 0 Å². The van der Waals surface area contributed by atoms with Gasteiger partial charge in [-0.25, -0.2) is 4.39 Å².